The zero-order chi connectivity index (χ0) is 15.1. The van der Waals surface area contributed by atoms with E-state index < -0.39 is 0 Å². The van der Waals surface area contributed by atoms with E-state index in [1.807, 2.05) is 10.9 Å². The molecule has 1 heterocycles. The molecule has 0 saturated heterocycles. The molecule has 0 amide bonds. The van der Waals surface area contributed by atoms with Crippen molar-refractivity contribution >= 4 is 12.4 Å². The van der Waals surface area contributed by atoms with Gasteiger partial charge < -0.3 is 5.73 Å². The molecule has 0 fully saturated rings. The highest BCUT2D eigenvalue weighted by molar-refractivity contribution is 5.85. The summed E-state index contributed by atoms with van der Waals surface area (Å²) in [6, 6.07) is 11.0. The van der Waals surface area contributed by atoms with Gasteiger partial charge in [-0.1, -0.05) is 30.3 Å². The molecular formula is C17H27ClN4. The van der Waals surface area contributed by atoms with Crippen LogP contribution in [-0.4, -0.2) is 34.3 Å². The van der Waals surface area contributed by atoms with E-state index in [-0.39, 0.29) is 12.4 Å². The fourth-order valence-electron chi connectivity index (χ4n) is 2.38. The zero-order valence-corrected chi connectivity index (χ0v) is 14.3. The van der Waals surface area contributed by atoms with Gasteiger partial charge in [0.25, 0.3) is 0 Å². The smallest absolute Gasteiger partial charge is 0.0534 e. The van der Waals surface area contributed by atoms with Crippen molar-refractivity contribution in [3.63, 3.8) is 0 Å². The first-order valence-corrected chi connectivity index (χ1v) is 7.68. The molecule has 122 valence electrons. The van der Waals surface area contributed by atoms with Crippen LogP contribution in [0.2, 0.25) is 0 Å². The number of aromatic nitrogens is 2. The van der Waals surface area contributed by atoms with Crippen LogP contribution in [0.25, 0.3) is 0 Å². The second-order valence-corrected chi connectivity index (χ2v) is 5.72. The fraction of sp³-hybridized carbons (Fsp3) is 0.471. The fourth-order valence-corrected chi connectivity index (χ4v) is 2.38. The first-order valence-electron chi connectivity index (χ1n) is 7.68. The number of hydrogen-bond donors (Lipinski definition) is 1. The van der Waals surface area contributed by atoms with Crippen LogP contribution < -0.4 is 5.73 Å². The van der Waals surface area contributed by atoms with E-state index in [2.05, 4.69) is 60.4 Å². The van der Waals surface area contributed by atoms with Gasteiger partial charge in [-0.15, -0.1) is 12.4 Å². The molecule has 0 atom stereocenters. The van der Waals surface area contributed by atoms with Crippen molar-refractivity contribution in [2.45, 2.75) is 32.9 Å². The normalized spacial score (nSPS) is 11.0. The largest absolute Gasteiger partial charge is 0.329 e. The molecule has 5 heteroatoms. The van der Waals surface area contributed by atoms with Gasteiger partial charge in [-0.05, 0) is 25.8 Å². The minimum atomic E-state index is 0. The second kappa shape index (κ2) is 9.62. The van der Waals surface area contributed by atoms with Crippen LogP contribution in [0.3, 0.4) is 0 Å². The zero-order valence-electron chi connectivity index (χ0n) is 13.5. The van der Waals surface area contributed by atoms with Gasteiger partial charge in [0, 0.05) is 44.0 Å². The van der Waals surface area contributed by atoms with Crippen LogP contribution in [-0.2, 0) is 13.0 Å². The van der Waals surface area contributed by atoms with E-state index in [0.717, 1.165) is 26.1 Å². The molecule has 0 bridgehead atoms. The second-order valence-electron chi connectivity index (χ2n) is 5.72. The average Bonchev–Trinajstić information content (AvgIpc) is 2.95. The molecule has 0 aliphatic carbocycles. The lowest BCUT2D eigenvalue weighted by Gasteiger charge is -2.20. The summed E-state index contributed by atoms with van der Waals surface area (Å²) < 4.78 is 2.01. The molecule has 2 rings (SSSR count). The first-order chi connectivity index (χ1) is 10.2. The lowest BCUT2D eigenvalue weighted by Crippen LogP contribution is -2.30. The van der Waals surface area contributed by atoms with Crippen LogP contribution >= 0.6 is 12.4 Å². The molecule has 0 unspecified atom stereocenters. The Morgan fingerprint density at radius 3 is 2.45 bits per heavy atom. The Balaban J connectivity index is 0.00000242. The third kappa shape index (κ3) is 5.79. The van der Waals surface area contributed by atoms with Crippen molar-refractivity contribution in [2.75, 3.05) is 19.6 Å². The molecule has 0 saturated carbocycles. The lowest BCUT2D eigenvalue weighted by atomic mass is 10.1. The number of hydrogen-bond acceptors (Lipinski definition) is 3. The highest BCUT2D eigenvalue weighted by atomic mass is 35.5. The highest BCUT2D eigenvalue weighted by Gasteiger charge is 2.08. The molecule has 4 nitrogen and oxygen atoms in total. The Morgan fingerprint density at radius 2 is 1.86 bits per heavy atom. The third-order valence-electron chi connectivity index (χ3n) is 3.60. The van der Waals surface area contributed by atoms with E-state index in [4.69, 9.17) is 5.73 Å². The van der Waals surface area contributed by atoms with Gasteiger partial charge in [0.1, 0.15) is 0 Å². The van der Waals surface area contributed by atoms with Crippen LogP contribution in [0.15, 0.2) is 42.7 Å². The summed E-state index contributed by atoms with van der Waals surface area (Å²) in [5.74, 6) is 0. The van der Waals surface area contributed by atoms with Crippen molar-refractivity contribution < 1.29 is 0 Å². The van der Waals surface area contributed by atoms with Gasteiger partial charge >= 0.3 is 0 Å². The maximum absolute atomic E-state index is 5.74. The summed E-state index contributed by atoms with van der Waals surface area (Å²) in [4.78, 5) is 2.40. The minimum absolute atomic E-state index is 0. The van der Waals surface area contributed by atoms with E-state index in [9.17, 15) is 0 Å². The maximum atomic E-state index is 5.74. The van der Waals surface area contributed by atoms with Gasteiger partial charge in [-0.2, -0.15) is 5.10 Å². The number of rotatable bonds is 8. The SMILES string of the molecule is CC(C)n1cc(CN(CCN)CCc2ccccc2)cn1.Cl. The standard InChI is InChI=1S/C17H26N4.ClH/c1-15(2)21-14-17(12-19-21)13-20(11-9-18)10-8-16-6-4-3-5-7-16;/h3-7,12,14-15H,8-11,13,18H2,1-2H3;1H. The third-order valence-corrected chi connectivity index (χ3v) is 3.60. The predicted molar refractivity (Wildman–Crippen MR) is 94.3 cm³/mol. The van der Waals surface area contributed by atoms with Gasteiger partial charge in [-0.25, -0.2) is 0 Å². The molecule has 0 spiro atoms. The van der Waals surface area contributed by atoms with Crippen molar-refractivity contribution in [2.24, 2.45) is 5.73 Å². The highest BCUT2D eigenvalue weighted by Crippen LogP contribution is 2.09. The predicted octanol–water partition coefficient (Wildman–Crippen LogP) is 2.89. The Bertz CT molecular complexity index is 524. The Labute approximate surface area is 139 Å². The first kappa shape index (κ1) is 18.7. The van der Waals surface area contributed by atoms with E-state index in [1.165, 1.54) is 11.1 Å². The van der Waals surface area contributed by atoms with Crippen LogP contribution in [0, 0.1) is 0 Å². The van der Waals surface area contributed by atoms with Gasteiger partial charge in [0.05, 0.1) is 6.20 Å². The van der Waals surface area contributed by atoms with E-state index >= 15 is 0 Å². The van der Waals surface area contributed by atoms with E-state index in [0.29, 0.717) is 12.6 Å². The summed E-state index contributed by atoms with van der Waals surface area (Å²) in [6.45, 7) is 7.82. The summed E-state index contributed by atoms with van der Waals surface area (Å²) >= 11 is 0. The summed E-state index contributed by atoms with van der Waals surface area (Å²) in [5, 5.41) is 4.41. The minimum Gasteiger partial charge on any atom is -0.329 e. The number of benzene rings is 1. The van der Waals surface area contributed by atoms with Crippen molar-refractivity contribution in [3.05, 3.63) is 53.9 Å². The van der Waals surface area contributed by atoms with Crippen molar-refractivity contribution in [1.82, 2.24) is 14.7 Å². The van der Waals surface area contributed by atoms with Gasteiger partial charge in [-0.3, -0.25) is 9.58 Å². The monoisotopic (exact) mass is 322 g/mol. The van der Waals surface area contributed by atoms with Crippen LogP contribution in [0.4, 0.5) is 0 Å². The van der Waals surface area contributed by atoms with Gasteiger partial charge in [0.15, 0.2) is 0 Å². The van der Waals surface area contributed by atoms with Gasteiger partial charge in [0.2, 0.25) is 0 Å². The maximum Gasteiger partial charge on any atom is 0.0534 e. The average molecular weight is 323 g/mol. The lowest BCUT2D eigenvalue weighted by molar-refractivity contribution is 0.276. The van der Waals surface area contributed by atoms with Crippen molar-refractivity contribution in [3.8, 4) is 0 Å². The number of nitrogens with zero attached hydrogens (tertiary/aromatic N) is 3. The number of nitrogens with two attached hydrogens (primary N) is 1. The molecule has 0 aliphatic heterocycles. The quantitative estimate of drug-likeness (QED) is 0.813. The summed E-state index contributed by atoms with van der Waals surface area (Å²) in [7, 11) is 0. The molecule has 0 radical (unpaired) electrons. The molecule has 22 heavy (non-hydrogen) atoms. The molecule has 2 N–H and O–H groups in total. The molecular weight excluding hydrogens is 296 g/mol. The topological polar surface area (TPSA) is 47.1 Å². The van der Waals surface area contributed by atoms with E-state index in [1.54, 1.807) is 0 Å². The molecule has 1 aromatic carbocycles. The molecule has 2 aromatic rings. The summed E-state index contributed by atoms with van der Waals surface area (Å²) in [6.07, 6.45) is 5.15. The molecule has 0 aliphatic rings. The van der Waals surface area contributed by atoms with Crippen LogP contribution in [0.5, 0.6) is 0 Å². The summed E-state index contributed by atoms with van der Waals surface area (Å²) in [5.41, 5.74) is 8.37. The Kier molecular flexibility index (Phi) is 8.17. The van der Waals surface area contributed by atoms with Crippen LogP contribution in [0.1, 0.15) is 31.0 Å². The number of halogens is 1. The Hall–Kier alpha value is -1.36. The molecule has 1 aromatic heterocycles. The van der Waals surface area contributed by atoms with Crippen molar-refractivity contribution in [1.29, 1.82) is 0 Å². The Morgan fingerprint density at radius 1 is 1.14 bits per heavy atom.